The molecule has 1 saturated heterocycles. The van der Waals surface area contributed by atoms with E-state index in [1.165, 1.54) is 12.1 Å². The van der Waals surface area contributed by atoms with Gasteiger partial charge in [0.25, 0.3) is 0 Å². The molecule has 0 radical (unpaired) electrons. The minimum atomic E-state index is -0.971. The van der Waals surface area contributed by atoms with Crippen LogP contribution in [0.25, 0.3) is 11.1 Å². The first-order valence-corrected chi connectivity index (χ1v) is 12.1. The highest BCUT2D eigenvalue weighted by molar-refractivity contribution is 6.39. The number of oxime groups is 1. The molecule has 3 aromatic rings. The Labute approximate surface area is 212 Å². The summed E-state index contributed by atoms with van der Waals surface area (Å²) in [6.07, 6.45) is 2.16. The molecule has 0 aliphatic carbocycles. The minimum absolute atomic E-state index is 0.238. The number of piperidine rings is 1. The van der Waals surface area contributed by atoms with Crippen molar-refractivity contribution in [2.24, 2.45) is 5.16 Å². The van der Waals surface area contributed by atoms with E-state index in [1.807, 2.05) is 18.2 Å². The lowest BCUT2D eigenvalue weighted by molar-refractivity contribution is -0.0627. The Morgan fingerprint density at radius 2 is 1.71 bits per heavy atom. The fourth-order valence-corrected chi connectivity index (χ4v) is 5.59. The van der Waals surface area contributed by atoms with Gasteiger partial charge in [-0.15, -0.1) is 0 Å². The van der Waals surface area contributed by atoms with Gasteiger partial charge in [-0.25, -0.2) is 9.18 Å². The van der Waals surface area contributed by atoms with Crippen LogP contribution in [0.1, 0.15) is 40.7 Å². The number of aromatic carboxylic acids is 1. The average molecular weight is 513 g/mol. The van der Waals surface area contributed by atoms with Gasteiger partial charge in [0.1, 0.15) is 11.4 Å². The Morgan fingerprint density at radius 1 is 1.06 bits per heavy atom. The quantitative estimate of drug-likeness (QED) is 0.415. The second-order valence-corrected chi connectivity index (χ2v) is 9.87. The SMILES string of the molecule is O=C(O)c1ccccc1C1=NOC2(CCN(Cc3cc(Cl)c(-c4ccc(F)cc4)c(Cl)c3)CC2)C1. The molecule has 2 heterocycles. The Bertz CT molecular complexity index is 1280. The topological polar surface area (TPSA) is 62.1 Å². The van der Waals surface area contributed by atoms with Crippen molar-refractivity contribution in [3.05, 3.63) is 93.2 Å². The fourth-order valence-electron chi connectivity index (χ4n) is 4.84. The highest BCUT2D eigenvalue weighted by Gasteiger charge is 2.42. The molecule has 0 saturated carbocycles. The van der Waals surface area contributed by atoms with Crippen LogP contribution in [0, 0.1) is 5.82 Å². The van der Waals surface area contributed by atoms with E-state index in [-0.39, 0.29) is 11.4 Å². The molecule has 2 aliphatic rings. The van der Waals surface area contributed by atoms with E-state index < -0.39 is 11.6 Å². The molecular weight excluding hydrogens is 490 g/mol. The van der Waals surface area contributed by atoms with E-state index in [1.54, 1.807) is 30.3 Å². The standard InChI is InChI=1S/C27H23Cl2FN2O3/c28-22-13-17(14-23(29)25(22)18-5-7-19(30)8-6-18)16-32-11-9-27(10-12-32)15-24(31-35-27)20-3-1-2-4-21(20)26(33)34/h1-8,13-14H,9-12,15-16H2,(H,33,34). The second-order valence-electron chi connectivity index (χ2n) is 9.06. The molecule has 5 rings (SSSR count). The van der Waals surface area contributed by atoms with Crippen LogP contribution in [0.3, 0.4) is 0 Å². The van der Waals surface area contributed by atoms with Gasteiger partial charge >= 0.3 is 5.97 Å². The molecule has 1 spiro atoms. The zero-order valence-corrected chi connectivity index (χ0v) is 20.3. The van der Waals surface area contributed by atoms with E-state index in [9.17, 15) is 14.3 Å². The van der Waals surface area contributed by atoms with Crippen LogP contribution in [-0.2, 0) is 11.4 Å². The third-order valence-corrected chi connectivity index (χ3v) is 7.31. The van der Waals surface area contributed by atoms with Crippen LogP contribution in [-0.4, -0.2) is 40.4 Å². The second kappa shape index (κ2) is 9.61. The molecule has 0 atom stereocenters. The molecule has 180 valence electrons. The minimum Gasteiger partial charge on any atom is -0.478 e. The smallest absolute Gasteiger partial charge is 0.336 e. The number of likely N-dealkylation sites (tertiary alicyclic amines) is 1. The molecule has 8 heteroatoms. The summed E-state index contributed by atoms with van der Waals surface area (Å²) in [4.78, 5) is 19.8. The maximum atomic E-state index is 13.3. The first-order chi connectivity index (χ1) is 16.8. The van der Waals surface area contributed by atoms with Gasteiger partial charge in [-0.3, -0.25) is 4.90 Å². The normalized spacial score (nSPS) is 17.3. The number of carboxylic acid groups (broad SMARTS) is 1. The summed E-state index contributed by atoms with van der Waals surface area (Å²) in [5, 5.41) is 14.8. The van der Waals surface area contributed by atoms with Crippen molar-refractivity contribution in [3.63, 3.8) is 0 Å². The summed E-state index contributed by atoms with van der Waals surface area (Å²) in [5.74, 6) is -1.28. The van der Waals surface area contributed by atoms with Crippen molar-refractivity contribution in [3.8, 4) is 11.1 Å². The van der Waals surface area contributed by atoms with E-state index in [2.05, 4.69) is 10.1 Å². The van der Waals surface area contributed by atoms with E-state index in [0.29, 0.717) is 39.8 Å². The number of carbonyl (C=O) groups is 1. The molecule has 5 nitrogen and oxygen atoms in total. The number of benzene rings is 3. The van der Waals surface area contributed by atoms with E-state index >= 15 is 0 Å². The molecule has 0 amide bonds. The van der Waals surface area contributed by atoms with Crippen LogP contribution in [0.2, 0.25) is 10.0 Å². The number of nitrogens with zero attached hydrogens (tertiary/aromatic N) is 2. The van der Waals surface area contributed by atoms with Crippen molar-refractivity contribution in [1.29, 1.82) is 0 Å². The third kappa shape index (κ3) is 4.92. The van der Waals surface area contributed by atoms with E-state index in [0.717, 1.165) is 37.1 Å². The molecular formula is C27H23Cl2FN2O3. The molecule has 35 heavy (non-hydrogen) atoms. The Balaban J connectivity index is 1.23. The molecule has 0 bridgehead atoms. The van der Waals surface area contributed by atoms with Gasteiger partial charge in [-0.1, -0.05) is 58.7 Å². The van der Waals surface area contributed by atoms with Crippen molar-refractivity contribution < 1.29 is 19.1 Å². The van der Waals surface area contributed by atoms with Crippen molar-refractivity contribution in [1.82, 2.24) is 4.90 Å². The number of hydrogen-bond donors (Lipinski definition) is 1. The van der Waals surface area contributed by atoms with Gasteiger partial charge in [0.15, 0.2) is 0 Å². The molecule has 0 unspecified atom stereocenters. The number of carboxylic acids is 1. The molecule has 1 N–H and O–H groups in total. The lowest BCUT2D eigenvalue weighted by Crippen LogP contribution is -2.44. The average Bonchev–Trinajstić information content (AvgIpc) is 3.25. The Kier molecular flexibility index (Phi) is 6.53. The molecule has 3 aromatic carbocycles. The summed E-state index contributed by atoms with van der Waals surface area (Å²) in [7, 11) is 0. The van der Waals surface area contributed by atoms with Gasteiger partial charge in [0, 0.05) is 50.0 Å². The summed E-state index contributed by atoms with van der Waals surface area (Å²) in [5.41, 5.74) is 3.60. The highest BCUT2D eigenvalue weighted by Crippen LogP contribution is 2.39. The lowest BCUT2D eigenvalue weighted by atomic mass is 9.84. The Hall–Kier alpha value is -2.93. The number of halogens is 3. The number of rotatable bonds is 5. The first-order valence-electron chi connectivity index (χ1n) is 11.4. The summed E-state index contributed by atoms with van der Waals surface area (Å²) in [6.45, 7) is 2.30. The monoisotopic (exact) mass is 512 g/mol. The molecule has 0 aromatic heterocycles. The van der Waals surface area contributed by atoms with Crippen LogP contribution in [0.5, 0.6) is 0 Å². The maximum absolute atomic E-state index is 13.3. The fraction of sp³-hybridized carbons (Fsp3) is 0.259. The Morgan fingerprint density at radius 3 is 2.37 bits per heavy atom. The number of hydrogen-bond acceptors (Lipinski definition) is 4. The highest BCUT2D eigenvalue weighted by atomic mass is 35.5. The van der Waals surface area contributed by atoms with E-state index in [4.69, 9.17) is 28.0 Å². The first kappa shape index (κ1) is 23.8. The van der Waals surface area contributed by atoms with Gasteiger partial charge in [0.05, 0.1) is 21.3 Å². The van der Waals surface area contributed by atoms with Crippen molar-refractivity contribution >= 4 is 34.9 Å². The zero-order valence-electron chi connectivity index (χ0n) is 18.8. The van der Waals surface area contributed by atoms with Crippen LogP contribution < -0.4 is 0 Å². The summed E-state index contributed by atoms with van der Waals surface area (Å²) >= 11 is 13.1. The molecule has 1 fully saturated rings. The van der Waals surface area contributed by atoms with Gasteiger partial charge < -0.3 is 9.94 Å². The third-order valence-electron chi connectivity index (χ3n) is 6.72. The summed E-state index contributed by atoms with van der Waals surface area (Å²) < 4.78 is 13.3. The molecule has 2 aliphatic heterocycles. The zero-order chi connectivity index (χ0) is 24.6. The van der Waals surface area contributed by atoms with Gasteiger partial charge in [-0.2, -0.15) is 0 Å². The van der Waals surface area contributed by atoms with Crippen LogP contribution in [0.4, 0.5) is 4.39 Å². The van der Waals surface area contributed by atoms with Crippen molar-refractivity contribution in [2.75, 3.05) is 13.1 Å². The predicted octanol–water partition coefficient (Wildman–Crippen LogP) is 6.66. The maximum Gasteiger partial charge on any atom is 0.336 e. The lowest BCUT2D eigenvalue weighted by Gasteiger charge is -2.37. The summed E-state index contributed by atoms with van der Waals surface area (Å²) in [6, 6.07) is 16.8. The van der Waals surface area contributed by atoms with Gasteiger partial charge in [-0.05, 0) is 41.5 Å². The predicted molar refractivity (Wildman–Crippen MR) is 135 cm³/mol. The van der Waals surface area contributed by atoms with Crippen LogP contribution >= 0.6 is 23.2 Å². The largest absolute Gasteiger partial charge is 0.478 e. The van der Waals surface area contributed by atoms with Crippen molar-refractivity contribution in [2.45, 2.75) is 31.4 Å². The van der Waals surface area contributed by atoms with Crippen LogP contribution in [0.15, 0.2) is 65.8 Å². The van der Waals surface area contributed by atoms with Gasteiger partial charge in [0.2, 0.25) is 0 Å².